The van der Waals surface area contributed by atoms with Crippen molar-refractivity contribution in [1.29, 1.82) is 0 Å². The van der Waals surface area contributed by atoms with Gasteiger partial charge in [0.25, 0.3) is 0 Å². The largest absolute Gasteiger partial charge is 0.480 e. The smallest absolute Gasteiger partial charge is 0.410 e. The second kappa shape index (κ2) is 7.09. The Morgan fingerprint density at radius 2 is 2.00 bits per heavy atom. The number of nitrogens with zero attached hydrogens (tertiary/aromatic N) is 1. The summed E-state index contributed by atoms with van der Waals surface area (Å²) in [4.78, 5) is 23.1. The molecule has 0 aromatic rings. The van der Waals surface area contributed by atoms with Crippen LogP contribution in [0.5, 0.6) is 0 Å². The van der Waals surface area contributed by atoms with Crippen LogP contribution in [0.25, 0.3) is 0 Å². The number of carbonyl (C=O) groups is 2. The fourth-order valence-electron chi connectivity index (χ4n) is 0.997. The molecule has 0 saturated heterocycles. The van der Waals surface area contributed by atoms with Crippen LogP contribution >= 0.6 is 0 Å². The Labute approximate surface area is 90.0 Å². The van der Waals surface area contributed by atoms with Gasteiger partial charge in [0, 0.05) is 6.54 Å². The van der Waals surface area contributed by atoms with Crippen LogP contribution < -0.4 is 0 Å². The van der Waals surface area contributed by atoms with E-state index in [0.717, 1.165) is 0 Å². The maximum atomic E-state index is 11.4. The molecular formula is C10H19NO4. The van der Waals surface area contributed by atoms with Crippen LogP contribution in [0.4, 0.5) is 4.79 Å². The van der Waals surface area contributed by atoms with Gasteiger partial charge in [0.2, 0.25) is 0 Å². The third kappa shape index (κ3) is 6.76. The molecule has 0 aliphatic carbocycles. The summed E-state index contributed by atoms with van der Waals surface area (Å²) in [5.74, 6) is -0.771. The molecule has 88 valence electrons. The highest BCUT2D eigenvalue weighted by Gasteiger charge is 2.17. The van der Waals surface area contributed by atoms with Gasteiger partial charge >= 0.3 is 12.1 Å². The van der Waals surface area contributed by atoms with Crippen molar-refractivity contribution < 1.29 is 19.4 Å². The van der Waals surface area contributed by atoms with Crippen LogP contribution in [0.3, 0.4) is 0 Å². The average molecular weight is 217 g/mol. The second-order valence-electron chi connectivity index (χ2n) is 3.79. The lowest BCUT2D eigenvalue weighted by Gasteiger charge is -2.19. The van der Waals surface area contributed by atoms with Gasteiger partial charge in [0.15, 0.2) is 0 Å². The van der Waals surface area contributed by atoms with E-state index in [2.05, 4.69) is 0 Å². The number of hydrogen-bond donors (Lipinski definition) is 1. The van der Waals surface area contributed by atoms with Gasteiger partial charge in [-0.05, 0) is 12.3 Å². The molecule has 0 saturated carbocycles. The Hall–Kier alpha value is -1.26. The van der Waals surface area contributed by atoms with Crippen molar-refractivity contribution in [3.8, 4) is 0 Å². The van der Waals surface area contributed by atoms with Crippen molar-refractivity contribution in [3.63, 3.8) is 0 Å². The molecular weight excluding hydrogens is 198 g/mol. The zero-order chi connectivity index (χ0) is 11.8. The molecule has 0 heterocycles. The maximum Gasteiger partial charge on any atom is 0.410 e. The quantitative estimate of drug-likeness (QED) is 0.733. The number of rotatable bonds is 6. The molecule has 0 aliphatic heterocycles. The van der Waals surface area contributed by atoms with Gasteiger partial charge in [0.05, 0.1) is 6.61 Å². The van der Waals surface area contributed by atoms with Crippen LogP contribution in [0.1, 0.15) is 27.2 Å². The van der Waals surface area contributed by atoms with Crippen molar-refractivity contribution in [3.05, 3.63) is 0 Å². The van der Waals surface area contributed by atoms with E-state index in [1.807, 2.05) is 20.8 Å². The maximum absolute atomic E-state index is 11.4. The fraction of sp³-hybridized carbons (Fsp3) is 0.800. The van der Waals surface area contributed by atoms with E-state index in [1.54, 1.807) is 0 Å². The average Bonchev–Trinajstić information content (AvgIpc) is 2.12. The molecule has 0 fully saturated rings. The van der Waals surface area contributed by atoms with Crippen LogP contribution in [-0.4, -0.2) is 41.8 Å². The van der Waals surface area contributed by atoms with E-state index in [9.17, 15) is 9.59 Å². The van der Waals surface area contributed by atoms with Crippen LogP contribution in [0, 0.1) is 5.92 Å². The summed E-state index contributed by atoms with van der Waals surface area (Å²) in [5.41, 5.74) is 0. The summed E-state index contributed by atoms with van der Waals surface area (Å²) in [6, 6.07) is 0. The topological polar surface area (TPSA) is 66.8 Å². The molecule has 1 amide bonds. The van der Waals surface area contributed by atoms with Crippen LogP contribution in [-0.2, 0) is 9.53 Å². The number of amides is 1. The summed E-state index contributed by atoms with van der Waals surface area (Å²) in [6.45, 7) is 6.15. The Bertz CT molecular complexity index is 215. The molecule has 0 bridgehead atoms. The first kappa shape index (κ1) is 13.7. The van der Waals surface area contributed by atoms with Crippen molar-refractivity contribution in [2.24, 2.45) is 5.92 Å². The first-order valence-electron chi connectivity index (χ1n) is 5.10. The highest BCUT2D eigenvalue weighted by molar-refractivity contribution is 5.76. The molecule has 0 atom stereocenters. The first-order chi connectivity index (χ1) is 6.97. The van der Waals surface area contributed by atoms with Crippen molar-refractivity contribution in [2.75, 3.05) is 19.7 Å². The molecule has 0 aromatic heterocycles. The number of hydrogen-bond acceptors (Lipinski definition) is 3. The zero-order valence-corrected chi connectivity index (χ0v) is 9.52. The number of aliphatic carboxylic acids is 1. The Morgan fingerprint density at radius 3 is 2.40 bits per heavy atom. The Kier molecular flexibility index (Phi) is 6.49. The predicted octanol–water partition coefficient (Wildman–Crippen LogP) is 1.58. The highest BCUT2D eigenvalue weighted by atomic mass is 16.6. The molecule has 1 N–H and O–H groups in total. The first-order valence-corrected chi connectivity index (χ1v) is 5.10. The van der Waals surface area contributed by atoms with Crippen molar-refractivity contribution in [2.45, 2.75) is 27.2 Å². The number of carboxylic acids is 1. The van der Waals surface area contributed by atoms with E-state index in [-0.39, 0.29) is 12.5 Å². The third-order valence-corrected chi connectivity index (χ3v) is 1.62. The standard InChI is InChI=1S/C10H19NO4/c1-4-5-11(6-9(12)13)10(14)15-7-8(2)3/h8H,4-7H2,1-3H3,(H,12,13). The lowest BCUT2D eigenvalue weighted by Crippen LogP contribution is -2.37. The minimum Gasteiger partial charge on any atom is -0.480 e. The molecule has 0 rings (SSSR count). The Morgan fingerprint density at radius 1 is 1.40 bits per heavy atom. The van der Waals surface area contributed by atoms with E-state index >= 15 is 0 Å². The fourth-order valence-corrected chi connectivity index (χ4v) is 0.997. The molecule has 0 unspecified atom stereocenters. The number of ether oxygens (including phenoxy) is 1. The normalized spacial score (nSPS) is 10.1. The molecule has 0 aromatic carbocycles. The van der Waals surface area contributed by atoms with Gasteiger partial charge < -0.3 is 9.84 Å². The molecule has 0 spiro atoms. The van der Waals surface area contributed by atoms with Gasteiger partial charge in [0.1, 0.15) is 6.54 Å². The van der Waals surface area contributed by atoms with Crippen LogP contribution in [0.15, 0.2) is 0 Å². The van der Waals surface area contributed by atoms with Crippen molar-refractivity contribution >= 4 is 12.1 Å². The van der Waals surface area contributed by atoms with Gasteiger partial charge in [-0.1, -0.05) is 20.8 Å². The van der Waals surface area contributed by atoms with Crippen molar-refractivity contribution in [1.82, 2.24) is 4.90 Å². The van der Waals surface area contributed by atoms with E-state index < -0.39 is 12.1 Å². The molecule has 15 heavy (non-hydrogen) atoms. The second-order valence-corrected chi connectivity index (χ2v) is 3.79. The van der Waals surface area contributed by atoms with Gasteiger partial charge in [-0.3, -0.25) is 9.69 Å². The SMILES string of the molecule is CCCN(CC(=O)O)C(=O)OCC(C)C. The lowest BCUT2D eigenvalue weighted by molar-refractivity contribution is -0.138. The van der Waals surface area contributed by atoms with Crippen LogP contribution in [0.2, 0.25) is 0 Å². The summed E-state index contributed by atoms with van der Waals surface area (Å²) in [7, 11) is 0. The van der Waals surface area contributed by atoms with E-state index in [4.69, 9.17) is 9.84 Å². The minimum atomic E-state index is -1.02. The molecule has 5 heteroatoms. The monoisotopic (exact) mass is 217 g/mol. The number of carboxylic acid groups (broad SMARTS) is 1. The van der Waals surface area contributed by atoms with E-state index in [0.29, 0.717) is 19.6 Å². The Balaban J connectivity index is 4.09. The third-order valence-electron chi connectivity index (χ3n) is 1.62. The summed E-state index contributed by atoms with van der Waals surface area (Å²) >= 11 is 0. The van der Waals surface area contributed by atoms with Gasteiger partial charge in [-0.15, -0.1) is 0 Å². The van der Waals surface area contributed by atoms with E-state index in [1.165, 1.54) is 4.90 Å². The summed E-state index contributed by atoms with van der Waals surface area (Å²) in [5, 5.41) is 8.59. The summed E-state index contributed by atoms with van der Waals surface area (Å²) < 4.78 is 4.94. The summed E-state index contributed by atoms with van der Waals surface area (Å²) in [6.07, 6.45) is 0.164. The molecule has 5 nitrogen and oxygen atoms in total. The van der Waals surface area contributed by atoms with Gasteiger partial charge in [-0.25, -0.2) is 4.79 Å². The zero-order valence-electron chi connectivity index (χ0n) is 9.52. The lowest BCUT2D eigenvalue weighted by atomic mass is 10.2. The molecule has 0 aliphatic rings. The predicted molar refractivity (Wildman–Crippen MR) is 55.7 cm³/mol. The minimum absolute atomic E-state index is 0.252. The van der Waals surface area contributed by atoms with Gasteiger partial charge in [-0.2, -0.15) is 0 Å². The highest BCUT2D eigenvalue weighted by Crippen LogP contribution is 1.99. The number of carbonyl (C=O) groups excluding carboxylic acids is 1. The molecule has 0 radical (unpaired) electrons.